The number of benzene rings is 2. The van der Waals surface area contributed by atoms with Gasteiger partial charge in [0.1, 0.15) is 18.4 Å². The summed E-state index contributed by atoms with van der Waals surface area (Å²) >= 11 is 5.95. The molecule has 1 fully saturated rings. The number of halogens is 1. The van der Waals surface area contributed by atoms with Crippen LogP contribution in [0.3, 0.4) is 0 Å². The zero-order valence-corrected chi connectivity index (χ0v) is 15.3. The lowest BCUT2D eigenvalue weighted by Gasteiger charge is -2.26. The van der Waals surface area contributed by atoms with Gasteiger partial charge in [0, 0.05) is 36.8 Å². The van der Waals surface area contributed by atoms with E-state index in [9.17, 15) is 5.26 Å². The molecule has 0 aliphatic carbocycles. The largest absolute Gasteiger partial charge is 0.492 e. The molecule has 0 bridgehead atoms. The van der Waals surface area contributed by atoms with Crippen LogP contribution in [0, 0.1) is 11.3 Å². The molecular weight excluding hydrogens is 350 g/mol. The molecule has 0 spiro atoms. The lowest BCUT2D eigenvalue weighted by atomic mass is 10.1. The van der Waals surface area contributed by atoms with Gasteiger partial charge < -0.3 is 14.8 Å². The van der Waals surface area contributed by atoms with Crippen LogP contribution in [0.15, 0.2) is 42.5 Å². The van der Waals surface area contributed by atoms with Crippen molar-refractivity contribution in [1.82, 2.24) is 4.90 Å². The van der Waals surface area contributed by atoms with Crippen LogP contribution in [0.25, 0.3) is 0 Å². The maximum absolute atomic E-state index is 9.25. The fourth-order valence-electron chi connectivity index (χ4n) is 2.85. The van der Waals surface area contributed by atoms with E-state index in [1.807, 2.05) is 30.3 Å². The van der Waals surface area contributed by atoms with Crippen LogP contribution < -0.4 is 10.1 Å². The fourth-order valence-corrected chi connectivity index (χ4v) is 3.03. The molecule has 136 valence electrons. The van der Waals surface area contributed by atoms with Gasteiger partial charge in [0.15, 0.2) is 0 Å². The summed E-state index contributed by atoms with van der Waals surface area (Å²) in [4.78, 5) is 2.34. The van der Waals surface area contributed by atoms with Crippen molar-refractivity contribution < 1.29 is 9.47 Å². The Bertz CT molecular complexity index is 770. The molecule has 2 aromatic carbocycles. The average Bonchev–Trinajstić information content (AvgIpc) is 2.68. The third-order valence-electron chi connectivity index (χ3n) is 4.31. The first-order valence-electron chi connectivity index (χ1n) is 8.70. The van der Waals surface area contributed by atoms with Crippen LogP contribution in [-0.4, -0.2) is 44.4 Å². The third kappa shape index (κ3) is 5.12. The maximum atomic E-state index is 9.25. The van der Waals surface area contributed by atoms with Gasteiger partial charge >= 0.3 is 0 Å². The lowest BCUT2D eigenvalue weighted by Crippen LogP contribution is -2.38. The Hall–Kier alpha value is -2.26. The molecule has 2 aromatic rings. The highest BCUT2D eigenvalue weighted by molar-refractivity contribution is 6.30. The predicted octanol–water partition coefficient (Wildman–Crippen LogP) is 3.53. The van der Waals surface area contributed by atoms with Crippen LogP contribution in [-0.2, 0) is 11.3 Å². The number of nitriles is 1. The topological polar surface area (TPSA) is 57.5 Å². The summed E-state index contributed by atoms with van der Waals surface area (Å²) in [6.07, 6.45) is 0. The van der Waals surface area contributed by atoms with Gasteiger partial charge in [0.05, 0.1) is 24.5 Å². The molecule has 0 radical (unpaired) electrons. The smallest absolute Gasteiger partial charge is 0.124 e. The van der Waals surface area contributed by atoms with Gasteiger partial charge in [-0.15, -0.1) is 0 Å². The minimum atomic E-state index is 0.531. The second-order valence-corrected chi connectivity index (χ2v) is 6.50. The number of rotatable bonds is 7. The Morgan fingerprint density at radius 3 is 2.81 bits per heavy atom. The van der Waals surface area contributed by atoms with Crippen LogP contribution in [0.5, 0.6) is 5.75 Å². The van der Waals surface area contributed by atoms with E-state index < -0.39 is 0 Å². The van der Waals surface area contributed by atoms with Gasteiger partial charge in [-0.1, -0.05) is 29.8 Å². The minimum Gasteiger partial charge on any atom is -0.492 e. The van der Waals surface area contributed by atoms with Crippen molar-refractivity contribution in [3.05, 3.63) is 58.6 Å². The molecule has 1 aliphatic rings. The van der Waals surface area contributed by atoms with Crippen molar-refractivity contribution in [2.45, 2.75) is 6.54 Å². The number of hydrogen-bond acceptors (Lipinski definition) is 5. The summed E-state index contributed by atoms with van der Waals surface area (Å²) < 4.78 is 11.4. The Morgan fingerprint density at radius 2 is 2.00 bits per heavy atom. The molecule has 1 N–H and O–H groups in total. The summed E-state index contributed by atoms with van der Waals surface area (Å²) in [5.41, 5.74) is 2.34. The highest BCUT2D eigenvalue weighted by Crippen LogP contribution is 2.23. The second kappa shape index (κ2) is 9.44. The van der Waals surface area contributed by atoms with Crippen LogP contribution >= 0.6 is 11.6 Å². The van der Waals surface area contributed by atoms with Crippen molar-refractivity contribution in [3.8, 4) is 11.8 Å². The summed E-state index contributed by atoms with van der Waals surface area (Å²) in [6, 6.07) is 15.4. The second-order valence-electron chi connectivity index (χ2n) is 6.07. The van der Waals surface area contributed by atoms with E-state index in [-0.39, 0.29) is 0 Å². The highest BCUT2D eigenvalue weighted by Gasteiger charge is 2.11. The molecule has 1 heterocycles. The molecule has 0 atom stereocenters. The number of anilines is 1. The number of nitrogens with zero attached hydrogens (tertiary/aromatic N) is 2. The average molecular weight is 372 g/mol. The van der Waals surface area contributed by atoms with E-state index in [0.29, 0.717) is 23.7 Å². The van der Waals surface area contributed by atoms with Gasteiger partial charge in [-0.3, -0.25) is 4.90 Å². The molecule has 3 rings (SSSR count). The Labute approximate surface area is 159 Å². The van der Waals surface area contributed by atoms with Gasteiger partial charge in [-0.25, -0.2) is 0 Å². The lowest BCUT2D eigenvalue weighted by molar-refractivity contribution is 0.0322. The minimum absolute atomic E-state index is 0.531. The number of para-hydroxylation sites is 1. The van der Waals surface area contributed by atoms with Crippen LogP contribution in [0.1, 0.15) is 11.1 Å². The SMILES string of the molecule is N#Cc1cc(Cl)ccc1NCc1ccccc1OCCN1CCOCC1. The molecule has 1 aliphatic heterocycles. The van der Waals surface area contributed by atoms with E-state index >= 15 is 0 Å². The molecule has 0 unspecified atom stereocenters. The van der Waals surface area contributed by atoms with Crippen LogP contribution in [0.4, 0.5) is 5.69 Å². The third-order valence-corrected chi connectivity index (χ3v) is 4.55. The molecular formula is C20H22ClN3O2. The zero-order chi connectivity index (χ0) is 18.2. The summed E-state index contributed by atoms with van der Waals surface area (Å²) in [6.45, 7) is 5.61. The monoisotopic (exact) mass is 371 g/mol. The standard InChI is InChI=1S/C20H22ClN3O2/c21-18-5-6-19(17(13-18)14-22)23-15-16-3-1-2-4-20(16)26-12-9-24-7-10-25-11-8-24/h1-6,13,23H,7-12,15H2. The van der Waals surface area contributed by atoms with Gasteiger partial charge in [-0.05, 0) is 24.3 Å². The van der Waals surface area contributed by atoms with E-state index in [0.717, 1.165) is 49.8 Å². The van der Waals surface area contributed by atoms with Crippen molar-refractivity contribution in [3.63, 3.8) is 0 Å². The van der Waals surface area contributed by atoms with E-state index in [1.54, 1.807) is 12.1 Å². The summed E-state index contributed by atoms with van der Waals surface area (Å²) in [5.74, 6) is 0.862. The zero-order valence-electron chi connectivity index (χ0n) is 14.6. The maximum Gasteiger partial charge on any atom is 0.124 e. The van der Waals surface area contributed by atoms with Crippen molar-refractivity contribution >= 4 is 17.3 Å². The predicted molar refractivity (Wildman–Crippen MR) is 103 cm³/mol. The summed E-state index contributed by atoms with van der Waals surface area (Å²) in [7, 11) is 0. The van der Waals surface area contributed by atoms with Crippen LogP contribution in [0.2, 0.25) is 5.02 Å². The Balaban J connectivity index is 1.58. The van der Waals surface area contributed by atoms with E-state index in [2.05, 4.69) is 16.3 Å². The molecule has 0 aromatic heterocycles. The van der Waals surface area contributed by atoms with Crippen molar-refractivity contribution in [1.29, 1.82) is 5.26 Å². The molecule has 6 heteroatoms. The van der Waals surface area contributed by atoms with Crippen molar-refractivity contribution in [2.24, 2.45) is 0 Å². The quantitative estimate of drug-likeness (QED) is 0.806. The van der Waals surface area contributed by atoms with Crippen molar-refractivity contribution in [2.75, 3.05) is 44.8 Å². The van der Waals surface area contributed by atoms with E-state index in [1.165, 1.54) is 0 Å². The van der Waals surface area contributed by atoms with E-state index in [4.69, 9.17) is 21.1 Å². The van der Waals surface area contributed by atoms with Gasteiger partial charge in [0.25, 0.3) is 0 Å². The number of hydrogen-bond donors (Lipinski definition) is 1. The summed E-state index contributed by atoms with van der Waals surface area (Å²) in [5, 5.41) is 13.1. The number of nitrogens with one attached hydrogen (secondary N) is 1. The first-order chi connectivity index (χ1) is 12.8. The molecule has 0 saturated carbocycles. The first kappa shape index (κ1) is 18.5. The molecule has 26 heavy (non-hydrogen) atoms. The first-order valence-corrected chi connectivity index (χ1v) is 9.08. The molecule has 5 nitrogen and oxygen atoms in total. The normalized spacial score (nSPS) is 14.6. The fraction of sp³-hybridized carbons (Fsp3) is 0.350. The Morgan fingerprint density at radius 1 is 1.19 bits per heavy atom. The molecule has 0 amide bonds. The van der Waals surface area contributed by atoms with Gasteiger partial charge in [-0.2, -0.15) is 5.26 Å². The van der Waals surface area contributed by atoms with Gasteiger partial charge in [0.2, 0.25) is 0 Å². The highest BCUT2D eigenvalue weighted by atomic mass is 35.5. The molecule has 1 saturated heterocycles. The number of ether oxygens (including phenoxy) is 2. The number of morpholine rings is 1. The Kier molecular flexibility index (Phi) is 6.73.